The van der Waals surface area contributed by atoms with Gasteiger partial charge in [0.1, 0.15) is 5.83 Å². The maximum Gasteiger partial charge on any atom is 0.324 e. The van der Waals surface area contributed by atoms with Crippen molar-refractivity contribution in [3.05, 3.63) is 60.0 Å². The normalized spacial score (nSPS) is 21.2. The van der Waals surface area contributed by atoms with Gasteiger partial charge in [0.15, 0.2) is 11.7 Å². The molecule has 0 spiro atoms. The van der Waals surface area contributed by atoms with E-state index in [4.69, 9.17) is 10.3 Å². The number of anilines is 2. The van der Waals surface area contributed by atoms with Gasteiger partial charge in [-0.2, -0.15) is 13.8 Å². The quantitative estimate of drug-likeness (QED) is 0.345. The lowest BCUT2D eigenvalue weighted by Gasteiger charge is -2.35. The Hall–Kier alpha value is -3.88. The number of hydrogen-bond acceptors (Lipinski definition) is 9. The highest BCUT2D eigenvalue weighted by molar-refractivity contribution is 5.93. The molecular weight excluding hydrogens is 551 g/mol. The van der Waals surface area contributed by atoms with Crippen LogP contribution in [0.2, 0.25) is 0 Å². The zero-order valence-corrected chi connectivity index (χ0v) is 22.6. The fraction of sp³-hybridized carbons (Fsp3) is 0.500. The molecule has 2 N–H and O–H groups in total. The van der Waals surface area contributed by atoms with Crippen LogP contribution in [-0.2, 0) is 5.92 Å². The Kier molecular flexibility index (Phi) is 9.05. The third kappa shape index (κ3) is 7.07. The summed E-state index contributed by atoms with van der Waals surface area (Å²) in [6.45, 7) is 5.28. The van der Waals surface area contributed by atoms with E-state index < -0.39 is 35.3 Å². The summed E-state index contributed by atoms with van der Waals surface area (Å²) in [5, 5.41) is 3.34. The molecule has 2 saturated heterocycles. The number of allylic oxidation sites excluding steroid dienone is 5. The van der Waals surface area contributed by atoms with Crippen molar-refractivity contribution in [2.45, 2.75) is 44.2 Å². The van der Waals surface area contributed by atoms with Crippen LogP contribution in [0.1, 0.15) is 42.4 Å². The Labute approximate surface area is 233 Å². The molecule has 0 aromatic carbocycles. The van der Waals surface area contributed by atoms with Gasteiger partial charge in [-0.05, 0) is 24.8 Å². The molecule has 2 aromatic heterocycles. The fourth-order valence-corrected chi connectivity index (χ4v) is 4.82. The number of carbonyl (C=O) groups is 1. The summed E-state index contributed by atoms with van der Waals surface area (Å²) < 4.78 is 72.8. The van der Waals surface area contributed by atoms with Gasteiger partial charge in [-0.25, -0.2) is 23.1 Å². The fourth-order valence-electron chi connectivity index (χ4n) is 4.82. The number of amides is 1. The summed E-state index contributed by atoms with van der Waals surface area (Å²) in [6.07, 6.45) is 4.87. The van der Waals surface area contributed by atoms with Crippen molar-refractivity contribution in [3.63, 3.8) is 0 Å². The summed E-state index contributed by atoms with van der Waals surface area (Å²) in [7, 11) is 1.67. The summed E-state index contributed by atoms with van der Waals surface area (Å²) in [4.78, 5) is 30.5. The highest BCUT2D eigenvalue weighted by Crippen LogP contribution is 2.29. The number of halogens is 5. The largest absolute Gasteiger partial charge is 0.339 e. The molecule has 4 rings (SSSR count). The van der Waals surface area contributed by atoms with Crippen LogP contribution in [0.15, 0.2) is 53.1 Å². The maximum atomic E-state index is 14.2. The first-order valence-electron chi connectivity index (χ1n) is 13.0. The predicted molar refractivity (Wildman–Crippen MR) is 140 cm³/mol. The number of nitrogens with two attached hydrogens (primary N) is 1. The Morgan fingerprint density at radius 3 is 2.41 bits per heavy atom. The zero-order valence-electron chi connectivity index (χ0n) is 22.6. The molecule has 10 nitrogen and oxygen atoms in total. The average Bonchev–Trinajstić information content (AvgIpc) is 3.59. The van der Waals surface area contributed by atoms with Crippen LogP contribution >= 0.6 is 0 Å². The van der Waals surface area contributed by atoms with Crippen molar-refractivity contribution in [2.24, 2.45) is 11.7 Å². The minimum atomic E-state index is -3.20. The van der Waals surface area contributed by atoms with E-state index in [0.717, 1.165) is 0 Å². The van der Waals surface area contributed by atoms with Gasteiger partial charge >= 0.3 is 11.9 Å². The molecule has 2 atom stereocenters. The Morgan fingerprint density at radius 2 is 1.83 bits per heavy atom. The van der Waals surface area contributed by atoms with Crippen LogP contribution in [0.5, 0.6) is 0 Å². The molecular formula is C26H31F5N8O2. The predicted octanol–water partition coefficient (Wildman–Crippen LogP) is 4.06. The minimum absolute atomic E-state index is 0.0196. The summed E-state index contributed by atoms with van der Waals surface area (Å²) in [5.74, 6) is -7.68. The third-order valence-electron chi connectivity index (χ3n) is 7.22. The van der Waals surface area contributed by atoms with Crippen molar-refractivity contribution in [2.75, 3.05) is 43.0 Å². The van der Waals surface area contributed by atoms with E-state index >= 15 is 0 Å². The molecule has 0 radical (unpaired) electrons. The lowest BCUT2D eigenvalue weighted by atomic mass is 9.99. The van der Waals surface area contributed by atoms with E-state index in [9.17, 15) is 26.7 Å². The van der Waals surface area contributed by atoms with E-state index in [1.165, 1.54) is 12.4 Å². The number of carbonyl (C=O) groups excluding carboxylic acids is 1. The average molecular weight is 583 g/mol. The molecule has 15 heteroatoms. The number of piperidine rings is 1. The van der Waals surface area contributed by atoms with Gasteiger partial charge in [-0.1, -0.05) is 11.7 Å². The standard InChI is InChI=1S/C26H31F5N8O2/c1-4-19(28)20(29)10-17(27)9-15-13-39(14-21(15)32)24-33-11-16(12-34-24)22(40)37(3)18-5-7-38(8-6-18)25-35-23(36-41-25)26(2,30)31/h4,10-12,15,18,21H,1,5-9,13-14,32H2,2-3H3/b17-10+,20-19-/t15-,21-/m0/s1. The number of alkyl halides is 2. The first kappa shape index (κ1) is 30.1. The molecule has 41 heavy (non-hydrogen) atoms. The second kappa shape index (κ2) is 12.3. The molecule has 222 valence electrons. The molecule has 2 fully saturated rings. The van der Waals surface area contributed by atoms with Gasteiger partial charge in [0.2, 0.25) is 11.8 Å². The number of rotatable bonds is 9. The topological polar surface area (TPSA) is 118 Å². The van der Waals surface area contributed by atoms with Crippen LogP contribution in [0, 0.1) is 5.92 Å². The van der Waals surface area contributed by atoms with Crippen molar-refractivity contribution in [1.29, 1.82) is 0 Å². The molecule has 0 aliphatic carbocycles. The lowest BCUT2D eigenvalue weighted by Crippen LogP contribution is -2.45. The Morgan fingerprint density at radius 1 is 1.17 bits per heavy atom. The molecule has 4 heterocycles. The molecule has 2 aromatic rings. The molecule has 1 amide bonds. The molecule has 0 bridgehead atoms. The van der Waals surface area contributed by atoms with Crippen molar-refractivity contribution in [3.8, 4) is 0 Å². The minimum Gasteiger partial charge on any atom is -0.339 e. The monoisotopic (exact) mass is 582 g/mol. The van der Waals surface area contributed by atoms with E-state index in [0.29, 0.717) is 64.0 Å². The highest BCUT2D eigenvalue weighted by atomic mass is 19.3. The summed E-state index contributed by atoms with van der Waals surface area (Å²) >= 11 is 0. The second-order valence-electron chi connectivity index (χ2n) is 10.2. The van der Waals surface area contributed by atoms with Crippen molar-refractivity contribution < 1.29 is 31.3 Å². The Bertz CT molecular complexity index is 1300. The second-order valence-corrected chi connectivity index (χ2v) is 10.2. The van der Waals surface area contributed by atoms with Crippen LogP contribution < -0.4 is 15.5 Å². The van der Waals surface area contributed by atoms with Crippen LogP contribution in [0.3, 0.4) is 0 Å². The zero-order chi connectivity index (χ0) is 29.9. The maximum absolute atomic E-state index is 14.2. The third-order valence-corrected chi connectivity index (χ3v) is 7.22. The van der Waals surface area contributed by atoms with Crippen LogP contribution in [-0.4, -0.2) is 76.2 Å². The lowest BCUT2D eigenvalue weighted by molar-refractivity contribution is 0.00558. The van der Waals surface area contributed by atoms with Gasteiger partial charge in [0.05, 0.1) is 5.56 Å². The smallest absolute Gasteiger partial charge is 0.324 e. The van der Waals surface area contributed by atoms with E-state index in [2.05, 4.69) is 26.7 Å². The first-order chi connectivity index (χ1) is 19.4. The van der Waals surface area contributed by atoms with E-state index in [-0.39, 0.29) is 35.9 Å². The molecule has 2 aliphatic heterocycles. The highest BCUT2D eigenvalue weighted by Gasteiger charge is 2.35. The van der Waals surface area contributed by atoms with Crippen LogP contribution in [0.4, 0.5) is 33.9 Å². The first-order valence-corrected chi connectivity index (χ1v) is 13.0. The number of aromatic nitrogens is 4. The molecule has 0 saturated carbocycles. The van der Waals surface area contributed by atoms with Crippen LogP contribution in [0.25, 0.3) is 0 Å². The van der Waals surface area contributed by atoms with Gasteiger partial charge in [0, 0.05) is 77.1 Å². The van der Waals surface area contributed by atoms with Crippen molar-refractivity contribution in [1.82, 2.24) is 25.0 Å². The molecule has 2 aliphatic rings. The summed E-state index contributed by atoms with van der Waals surface area (Å²) in [5.41, 5.74) is 6.41. The van der Waals surface area contributed by atoms with E-state index in [1.54, 1.807) is 21.7 Å². The van der Waals surface area contributed by atoms with Gasteiger partial charge in [-0.15, -0.1) is 0 Å². The van der Waals surface area contributed by atoms with Gasteiger partial charge < -0.3 is 25.0 Å². The Balaban J connectivity index is 1.31. The van der Waals surface area contributed by atoms with Gasteiger partial charge in [0.25, 0.3) is 5.91 Å². The number of nitrogens with zero attached hydrogens (tertiary/aromatic N) is 7. The SMILES string of the molecule is C=C/C(F)=C(F)\C=C(\F)C[C@H]1CN(c2ncc(C(=O)N(C)C3CCN(c4nc(C(C)(F)F)no4)CC3)cn2)C[C@@H]1N. The van der Waals surface area contributed by atoms with E-state index in [1.807, 2.05) is 0 Å². The molecule has 0 unspecified atom stereocenters. The number of hydrogen-bond donors (Lipinski definition) is 1. The summed E-state index contributed by atoms with van der Waals surface area (Å²) in [6, 6.07) is -0.552. The van der Waals surface area contributed by atoms with Gasteiger partial charge in [-0.3, -0.25) is 4.79 Å². The van der Waals surface area contributed by atoms with Crippen molar-refractivity contribution >= 4 is 17.9 Å².